The van der Waals surface area contributed by atoms with E-state index in [4.69, 9.17) is 9.47 Å². The van der Waals surface area contributed by atoms with E-state index in [1.165, 1.54) is 0 Å². The van der Waals surface area contributed by atoms with E-state index in [2.05, 4.69) is 4.90 Å². The van der Waals surface area contributed by atoms with Gasteiger partial charge in [-0.15, -0.1) is 0 Å². The highest BCUT2D eigenvalue weighted by atomic mass is 16.6. The number of methoxy groups -OCH3 is 1. The predicted octanol–water partition coefficient (Wildman–Crippen LogP) is 1.57. The molecule has 0 bridgehead atoms. The number of nitrogens with zero attached hydrogens (tertiary/aromatic N) is 3. The number of ether oxygens (including phenoxy) is 2. The first kappa shape index (κ1) is 17.4. The van der Waals surface area contributed by atoms with E-state index in [9.17, 15) is 9.59 Å². The van der Waals surface area contributed by atoms with Gasteiger partial charge in [0.2, 0.25) is 5.91 Å². The molecule has 136 valence electrons. The molecule has 1 aromatic carbocycles. The van der Waals surface area contributed by atoms with E-state index in [1.807, 2.05) is 29.2 Å². The van der Waals surface area contributed by atoms with Crippen LogP contribution in [0.25, 0.3) is 0 Å². The maximum atomic E-state index is 12.4. The van der Waals surface area contributed by atoms with Gasteiger partial charge in [0.05, 0.1) is 13.7 Å². The number of hydrogen-bond donors (Lipinski definition) is 0. The number of carbonyl (C=O) groups is 2. The molecule has 2 heterocycles. The molecule has 7 heteroatoms. The monoisotopic (exact) mass is 347 g/mol. The summed E-state index contributed by atoms with van der Waals surface area (Å²) in [4.78, 5) is 29.4. The van der Waals surface area contributed by atoms with Crippen LogP contribution in [0.2, 0.25) is 0 Å². The minimum atomic E-state index is -0.300. The summed E-state index contributed by atoms with van der Waals surface area (Å²) >= 11 is 0. The van der Waals surface area contributed by atoms with E-state index in [0.29, 0.717) is 19.4 Å². The fourth-order valence-corrected chi connectivity index (χ4v) is 3.25. The minimum Gasteiger partial charge on any atom is -0.497 e. The van der Waals surface area contributed by atoms with Crippen LogP contribution >= 0.6 is 0 Å². The zero-order chi connectivity index (χ0) is 17.8. The number of likely N-dealkylation sites (N-methyl/N-ethyl adjacent to an activating group) is 1. The van der Waals surface area contributed by atoms with Crippen LogP contribution in [0.1, 0.15) is 12.8 Å². The molecule has 2 amide bonds. The van der Waals surface area contributed by atoms with Crippen LogP contribution in [0.15, 0.2) is 24.3 Å². The van der Waals surface area contributed by atoms with Crippen molar-refractivity contribution in [2.45, 2.75) is 18.9 Å². The molecule has 0 aromatic heterocycles. The zero-order valence-electron chi connectivity index (χ0n) is 14.8. The van der Waals surface area contributed by atoms with E-state index in [0.717, 1.165) is 37.6 Å². The maximum Gasteiger partial charge on any atom is 0.409 e. The van der Waals surface area contributed by atoms with Gasteiger partial charge in [-0.3, -0.25) is 4.79 Å². The second-order valence-corrected chi connectivity index (χ2v) is 6.49. The van der Waals surface area contributed by atoms with Crippen LogP contribution in [-0.2, 0) is 9.53 Å². The summed E-state index contributed by atoms with van der Waals surface area (Å²) in [6.07, 6.45) is 0.551. The van der Waals surface area contributed by atoms with Crippen molar-refractivity contribution in [1.29, 1.82) is 0 Å². The summed E-state index contributed by atoms with van der Waals surface area (Å²) in [6.45, 7) is 3.64. The largest absolute Gasteiger partial charge is 0.497 e. The summed E-state index contributed by atoms with van der Waals surface area (Å²) in [7, 11) is 3.37. The predicted molar refractivity (Wildman–Crippen MR) is 93.9 cm³/mol. The van der Waals surface area contributed by atoms with Crippen molar-refractivity contribution in [2.75, 3.05) is 51.8 Å². The quantitative estimate of drug-likeness (QED) is 0.809. The second-order valence-electron chi connectivity index (χ2n) is 6.49. The number of amides is 2. The summed E-state index contributed by atoms with van der Waals surface area (Å²) in [5.41, 5.74) is 1.15. The van der Waals surface area contributed by atoms with Gasteiger partial charge < -0.3 is 24.2 Å². The molecule has 0 N–H and O–H groups in total. The van der Waals surface area contributed by atoms with Gasteiger partial charge in [0.25, 0.3) is 0 Å². The second kappa shape index (κ2) is 7.63. The molecule has 0 spiro atoms. The molecule has 7 nitrogen and oxygen atoms in total. The van der Waals surface area contributed by atoms with Crippen LogP contribution in [-0.4, -0.2) is 74.8 Å². The van der Waals surface area contributed by atoms with Crippen molar-refractivity contribution in [3.8, 4) is 5.75 Å². The summed E-state index contributed by atoms with van der Waals surface area (Å²) < 4.78 is 10.4. The van der Waals surface area contributed by atoms with E-state index in [-0.39, 0.29) is 18.1 Å². The van der Waals surface area contributed by atoms with Gasteiger partial charge in [-0.1, -0.05) is 0 Å². The Bertz CT molecular complexity index is 611. The summed E-state index contributed by atoms with van der Waals surface area (Å²) in [5, 5.41) is 0. The number of benzene rings is 1. The molecule has 1 atom stereocenters. The average molecular weight is 347 g/mol. The van der Waals surface area contributed by atoms with Crippen LogP contribution < -0.4 is 9.64 Å². The fraction of sp³-hybridized carbons (Fsp3) is 0.556. The van der Waals surface area contributed by atoms with Crippen LogP contribution in [0.4, 0.5) is 10.5 Å². The molecular formula is C18H25N3O4. The van der Waals surface area contributed by atoms with Crippen molar-refractivity contribution >= 4 is 17.7 Å². The van der Waals surface area contributed by atoms with Gasteiger partial charge in [-0.2, -0.15) is 0 Å². The van der Waals surface area contributed by atoms with Crippen molar-refractivity contribution in [1.82, 2.24) is 9.80 Å². The molecule has 25 heavy (non-hydrogen) atoms. The van der Waals surface area contributed by atoms with Crippen molar-refractivity contribution in [3.05, 3.63) is 24.3 Å². The smallest absolute Gasteiger partial charge is 0.409 e. The highest BCUT2D eigenvalue weighted by Crippen LogP contribution is 2.21. The van der Waals surface area contributed by atoms with Gasteiger partial charge in [0, 0.05) is 45.3 Å². The van der Waals surface area contributed by atoms with Gasteiger partial charge in [0.1, 0.15) is 11.9 Å². The highest BCUT2D eigenvalue weighted by molar-refractivity contribution is 5.77. The van der Waals surface area contributed by atoms with Crippen molar-refractivity contribution < 1.29 is 19.1 Å². The number of cyclic esters (lactones) is 1. The standard InChI is InChI=1S/C18H25N3O4/c1-19-13-16(25-18(19)23)7-8-17(22)21-11-9-20(10-12-21)14-3-5-15(24-2)6-4-14/h3-6,16H,7-13H2,1-2H3. The van der Waals surface area contributed by atoms with E-state index in [1.54, 1.807) is 19.1 Å². The van der Waals surface area contributed by atoms with Crippen molar-refractivity contribution in [3.63, 3.8) is 0 Å². The molecule has 1 unspecified atom stereocenters. The Kier molecular flexibility index (Phi) is 5.31. The molecule has 3 rings (SSSR count). The topological polar surface area (TPSA) is 62.3 Å². The SMILES string of the molecule is COc1ccc(N2CCN(C(=O)CCC3CN(C)C(=O)O3)CC2)cc1. The van der Waals surface area contributed by atoms with Crippen LogP contribution in [0, 0.1) is 0 Å². The van der Waals surface area contributed by atoms with E-state index < -0.39 is 0 Å². The number of carbonyl (C=O) groups excluding carboxylic acids is 2. The third-order valence-corrected chi connectivity index (χ3v) is 4.81. The first-order valence-electron chi connectivity index (χ1n) is 8.65. The Hall–Kier alpha value is -2.44. The van der Waals surface area contributed by atoms with Crippen molar-refractivity contribution in [2.24, 2.45) is 0 Å². The maximum absolute atomic E-state index is 12.4. The fourth-order valence-electron chi connectivity index (χ4n) is 3.25. The molecule has 2 fully saturated rings. The van der Waals surface area contributed by atoms with Gasteiger partial charge in [-0.25, -0.2) is 4.79 Å². The van der Waals surface area contributed by atoms with Gasteiger partial charge in [-0.05, 0) is 30.7 Å². The van der Waals surface area contributed by atoms with Crippen LogP contribution in [0.3, 0.4) is 0 Å². The Labute approximate surface area is 148 Å². The van der Waals surface area contributed by atoms with Crippen LogP contribution in [0.5, 0.6) is 5.75 Å². The molecular weight excluding hydrogens is 322 g/mol. The zero-order valence-corrected chi connectivity index (χ0v) is 14.8. The lowest BCUT2D eigenvalue weighted by molar-refractivity contribution is -0.132. The molecule has 2 aliphatic rings. The summed E-state index contributed by atoms with van der Waals surface area (Å²) in [6, 6.07) is 7.99. The molecule has 0 saturated carbocycles. The number of rotatable bonds is 5. The number of piperazine rings is 1. The minimum absolute atomic E-state index is 0.139. The molecule has 0 aliphatic carbocycles. The first-order chi connectivity index (χ1) is 12.1. The normalized spacial score (nSPS) is 20.6. The lowest BCUT2D eigenvalue weighted by atomic mass is 10.1. The summed E-state index contributed by atoms with van der Waals surface area (Å²) in [5.74, 6) is 0.982. The lowest BCUT2D eigenvalue weighted by Crippen LogP contribution is -2.48. The Morgan fingerprint density at radius 2 is 1.88 bits per heavy atom. The van der Waals surface area contributed by atoms with E-state index >= 15 is 0 Å². The number of anilines is 1. The molecule has 0 radical (unpaired) electrons. The Balaban J connectivity index is 1.43. The molecule has 1 aromatic rings. The number of hydrogen-bond acceptors (Lipinski definition) is 5. The lowest BCUT2D eigenvalue weighted by Gasteiger charge is -2.36. The molecule has 2 aliphatic heterocycles. The van der Waals surface area contributed by atoms with Gasteiger partial charge >= 0.3 is 6.09 Å². The third-order valence-electron chi connectivity index (χ3n) is 4.81. The average Bonchev–Trinajstić information content (AvgIpc) is 2.98. The molecule has 2 saturated heterocycles. The van der Waals surface area contributed by atoms with Gasteiger partial charge in [0.15, 0.2) is 0 Å². The Morgan fingerprint density at radius 3 is 2.44 bits per heavy atom. The first-order valence-corrected chi connectivity index (χ1v) is 8.65. The Morgan fingerprint density at radius 1 is 1.20 bits per heavy atom. The highest BCUT2D eigenvalue weighted by Gasteiger charge is 2.29. The third kappa shape index (κ3) is 4.15.